The van der Waals surface area contributed by atoms with Crippen molar-refractivity contribution >= 4 is 17.7 Å². The van der Waals surface area contributed by atoms with Crippen LogP contribution in [0.4, 0.5) is 0 Å². The van der Waals surface area contributed by atoms with Gasteiger partial charge in [-0.15, -0.1) is 0 Å². The molecule has 1 aliphatic rings. The summed E-state index contributed by atoms with van der Waals surface area (Å²) < 4.78 is 0. The predicted octanol–water partition coefficient (Wildman–Crippen LogP) is 1.39. The molecule has 0 aromatic carbocycles. The summed E-state index contributed by atoms with van der Waals surface area (Å²) in [5, 5.41) is 6.89. The molecule has 1 rings (SSSR count). The van der Waals surface area contributed by atoms with Gasteiger partial charge >= 0.3 is 0 Å². The number of carbonyl (C=O) groups excluding carboxylic acids is 1. The number of hydrogen-bond donors (Lipinski definition) is 2. The molecule has 0 aliphatic heterocycles. The number of amides is 1. The van der Waals surface area contributed by atoms with E-state index in [0.717, 1.165) is 6.54 Å². The molecule has 1 fully saturated rings. The Bertz CT molecular complexity index is 199. The molecular formula is C11H22N2OS. The van der Waals surface area contributed by atoms with Crippen LogP contribution in [-0.2, 0) is 4.79 Å². The average molecular weight is 230 g/mol. The molecule has 0 aromatic rings. The fraction of sp³-hybridized carbons (Fsp3) is 0.909. The Kier molecular flexibility index (Phi) is 6.10. The van der Waals surface area contributed by atoms with Crippen LogP contribution in [0.2, 0.25) is 0 Å². The van der Waals surface area contributed by atoms with Crippen molar-refractivity contribution in [1.82, 2.24) is 10.6 Å². The maximum absolute atomic E-state index is 11.3. The maximum Gasteiger partial charge on any atom is 0.233 e. The van der Waals surface area contributed by atoms with Crippen LogP contribution in [0.25, 0.3) is 0 Å². The molecule has 15 heavy (non-hydrogen) atoms. The van der Waals surface area contributed by atoms with Gasteiger partial charge in [0.05, 0.1) is 6.54 Å². The molecule has 2 atom stereocenters. The van der Waals surface area contributed by atoms with Crippen LogP contribution in [0.1, 0.15) is 33.1 Å². The van der Waals surface area contributed by atoms with Gasteiger partial charge in [0.15, 0.2) is 0 Å². The number of nitrogens with one attached hydrogen (secondary N) is 2. The molecular weight excluding hydrogens is 208 g/mol. The van der Waals surface area contributed by atoms with Crippen molar-refractivity contribution in [1.29, 1.82) is 0 Å². The van der Waals surface area contributed by atoms with Gasteiger partial charge in [0.2, 0.25) is 5.91 Å². The number of likely N-dealkylation sites (N-methyl/N-ethyl adjacent to an activating group) is 1. The van der Waals surface area contributed by atoms with E-state index in [2.05, 4.69) is 17.6 Å². The van der Waals surface area contributed by atoms with E-state index in [1.165, 1.54) is 25.0 Å². The second-order valence-corrected chi connectivity index (χ2v) is 5.38. The molecule has 0 spiro atoms. The Balaban J connectivity index is 2.22. The molecule has 0 saturated heterocycles. The summed E-state index contributed by atoms with van der Waals surface area (Å²) in [5.41, 5.74) is 0. The summed E-state index contributed by atoms with van der Waals surface area (Å²) in [6.45, 7) is 5.34. The van der Waals surface area contributed by atoms with Gasteiger partial charge in [0, 0.05) is 17.8 Å². The van der Waals surface area contributed by atoms with Gasteiger partial charge in [-0.2, -0.15) is 11.8 Å². The normalized spacial score (nSPS) is 25.5. The Morgan fingerprint density at radius 3 is 2.87 bits per heavy atom. The second-order valence-electron chi connectivity index (χ2n) is 3.87. The lowest BCUT2D eigenvalue weighted by Gasteiger charge is -2.19. The standard InChI is InChI=1S/C11H22N2OS/c1-3-12-11(14)8-13-9-6-5-7-10(9)15-4-2/h9-10,13H,3-8H2,1-2H3,(H,12,14). The first-order valence-electron chi connectivity index (χ1n) is 5.89. The zero-order valence-electron chi connectivity index (χ0n) is 9.71. The Labute approximate surface area is 96.8 Å². The van der Waals surface area contributed by atoms with Gasteiger partial charge in [-0.05, 0) is 25.5 Å². The van der Waals surface area contributed by atoms with Crippen LogP contribution in [0.3, 0.4) is 0 Å². The largest absolute Gasteiger partial charge is 0.355 e. The van der Waals surface area contributed by atoms with Gasteiger partial charge in [-0.3, -0.25) is 4.79 Å². The summed E-state index contributed by atoms with van der Waals surface area (Å²) in [4.78, 5) is 11.3. The highest BCUT2D eigenvalue weighted by Gasteiger charge is 2.26. The van der Waals surface area contributed by atoms with Crippen LogP contribution >= 0.6 is 11.8 Å². The molecule has 3 nitrogen and oxygen atoms in total. The predicted molar refractivity (Wildman–Crippen MR) is 66.2 cm³/mol. The average Bonchev–Trinajstić information content (AvgIpc) is 2.64. The number of carbonyl (C=O) groups is 1. The molecule has 4 heteroatoms. The molecule has 2 N–H and O–H groups in total. The van der Waals surface area contributed by atoms with Gasteiger partial charge in [0.1, 0.15) is 0 Å². The van der Waals surface area contributed by atoms with Crippen molar-refractivity contribution in [3.63, 3.8) is 0 Å². The number of hydrogen-bond acceptors (Lipinski definition) is 3. The maximum atomic E-state index is 11.3. The van der Waals surface area contributed by atoms with E-state index in [1.807, 2.05) is 18.7 Å². The lowest BCUT2D eigenvalue weighted by molar-refractivity contribution is -0.120. The van der Waals surface area contributed by atoms with E-state index in [0.29, 0.717) is 17.8 Å². The lowest BCUT2D eigenvalue weighted by Crippen LogP contribution is -2.41. The molecule has 1 aliphatic carbocycles. The Hall–Kier alpha value is -0.220. The third-order valence-electron chi connectivity index (χ3n) is 2.73. The first-order chi connectivity index (χ1) is 7.27. The molecule has 1 saturated carbocycles. The monoisotopic (exact) mass is 230 g/mol. The van der Waals surface area contributed by atoms with Crippen molar-refractivity contribution in [3.8, 4) is 0 Å². The highest BCUT2D eigenvalue weighted by atomic mass is 32.2. The minimum absolute atomic E-state index is 0.115. The van der Waals surface area contributed by atoms with Crippen molar-refractivity contribution in [2.75, 3.05) is 18.8 Å². The fourth-order valence-electron chi connectivity index (χ4n) is 2.06. The fourth-order valence-corrected chi connectivity index (χ4v) is 3.28. The second kappa shape index (κ2) is 7.12. The van der Waals surface area contributed by atoms with Crippen LogP contribution in [0.15, 0.2) is 0 Å². The van der Waals surface area contributed by atoms with Gasteiger partial charge in [-0.25, -0.2) is 0 Å². The van der Waals surface area contributed by atoms with E-state index in [1.54, 1.807) is 0 Å². The van der Waals surface area contributed by atoms with Gasteiger partial charge in [-0.1, -0.05) is 13.3 Å². The number of rotatable bonds is 6. The molecule has 0 bridgehead atoms. The minimum atomic E-state index is 0.115. The van der Waals surface area contributed by atoms with Gasteiger partial charge < -0.3 is 10.6 Å². The zero-order valence-corrected chi connectivity index (χ0v) is 10.5. The zero-order chi connectivity index (χ0) is 11.1. The molecule has 0 aromatic heterocycles. The van der Waals surface area contributed by atoms with Crippen molar-refractivity contribution in [3.05, 3.63) is 0 Å². The van der Waals surface area contributed by atoms with Crippen LogP contribution in [-0.4, -0.2) is 36.0 Å². The van der Waals surface area contributed by atoms with Crippen molar-refractivity contribution < 1.29 is 4.79 Å². The summed E-state index contributed by atoms with van der Waals surface area (Å²) in [6, 6.07) is 0.539. The summed E-state index contributed by atoms with van der Waals surface area (Å²) in [7, 11) is 0. The molecule has 2 unspecified atom stereocenters. The first kappa shape index (κ1) is 12.8. The van der Waals surface area contributed by atoms with E-state index in [4.69, 9.17) is 0 Å². The third kappa shape index (κ3) is 4.43. The van der Waals surface area contributed by atoms with E-state index in [9.17, 15) is 4.79 Å². The van der Waals surface area contributed by atoms with E-state index < -0.39 is 0 Å². The van der Waals surface area contributed by atoms with Crippen LogP contribution in [0, 0.1) is 0 Å². The van der Waals surface area contributed by atoms with Crippen molar-refractivity contribution in [2.45, 2.75) is 44.4 Å². The van der Waals surface area contributed by atoms with Crippen LogP contribution < -0.4 is 10.6 Å². The first-order valence-corrected chi connectivity index (χ1v) is 6.94. The summed E-state index contributed by atoms with van der Waals surface area (Å²) in [6.07, 6.45) is 3.81. The van der Waals surface area contributed by atoms with E-state index >= 15 is 0 Å². The lowest BCUT2D eigenvalue weighted by atomic mass is 10.2. The molecule has 0 radical (unpaired) electrons. The van der Waals surface area contributed by atoms with Crippen molar-refractivity contribution in [2.24, 2.45) is 0 Å². The molecule has 0 heterocycles. The minimum Gasteiger partial charge on any atom is -0.355 e. The van der Waals surface area contributed by atoms with E-state index in [-0.39, 0.29) is 5.91 Å². The smallest absolute Gasteiger partial charge is 0.233 e. The highest BCUT2D eigenvalue weighted by Crippen LogP contribution is 2.29. The third-order valence-corrected chi connectivity index (χ3v) is 4.06. The summed E-state index contributed by atoms with van der Waals surface area (Å²) in [5.74, 6) is 1.29. The Morgan fingerprint density at radius 2 is 2.20 bits per heavy atom. The highest BCUT2D eigenvalue weighted by molar-refractivity contribution is 7.99. The summed E-state index contributed by atoms with van der Waals surface area (Å²) >= 11 is 2.02. The quantitative estimate of drug-likeness (QED) is 0.724. The SMILES string of the molecule is CCNC(=O)CNC1CCCC1SCC. The topological polar surface area (TPSA) is 41.1 Å². The van der Waals surface area contributed by atoms with Gasteiger partial charge in [0.25, 0.3) is 0 Å². The molecule has 1 amide bonds. The molecule has 88 valence electrons. The number of thioether (sulfide) groups is 1. The van der Waals surface area contributed by atoms with Crippen LogP contribution in [0.5, 0.6) is 0 Å². The Morgan fingerprint density at radius 1 is 1.40 bits per heavy atom.